The van der Waals surface area contributed by atoms with Crippen LogP contribution in [0.4, 0.5) is 0 Å². The highest BCUT2D eigenvalue weighted by Crippen LogP contribution is 2.05. The fraction of sp³-hybridized carbons (Fsp3) is 0.750. The molecular weight excluding hydrogens is 224 g/mol. The van der Waals surface area contributed by atoms with Gasteiger partial charge >= 0.3 is 5.97 Å². The van der Waals surface area contributed by atoms with Gasteiger partial charge in [0, 0.05) is 0 Å². The van der Waals surface area contributed by atoms with Crippen LogP contribution < -0.4 is 0 Å². The van der Waals surface area contributed by atoms with Crippen molar-refractivity contribution in [2.75, 3.05) is 0 Å². The van der Waals surface area contributed by atoms with E-state index in [4.69, 9.17) is 4.74 Å². The van der Waals surface area contributed by atoms with Crippen LogP contribution in [0, 0.1) is 0 Å². The van der Waals surface area contributed by atoms with Crippen LogP contribution >= 0.6 is 15.9 Å². The average molecular weight is 237 g/mol. The molecule has 3 nitrogen and oxygen atoms in total. The van der Waals surface area contributed by atoms with Crippen molar-refractivity contribution in [3.63, 3.8) is 0 Å². The van der Waals surface area contributed by atoms with Crippen molar-refractivity contribution in [2.45, 2.75) is 37.6 Å². The number of hydrogen-bond donors (Lipinski definition) is 0. The lowest BCUT2D eigenvalue weighted by molar-refractivity contribution is -0.148. The predicted octanol–water partition coefficient (Wildman–Crippen LogP) is 1.68. The van der Waals surface area contributed by atoms with E-state index in [1.807, 2.05) is 13.8 Å². The fourth-order valence-electron chi connectivity index (χ4n) is 0.563. The van der Waals surface area contributed by atoms with E-state index in [1.165, 1.54) is 0 Å². The largest absolute Gasteiger partial charge is 0.463 e. The molecule has 0 fully saturated rings. The minimum atomic E-state index is -0.422. The molecule has 0 saturated heterocycles. The summed E-state index contributed by atoms with van der Waals surface area (Å²) in [6.07, 6.45) is 1.51. The Balaban J connectivity index is 3.66. The van der Waals surface area contributed by atoms with Gasteiger partial charge in [0.15, 0.2) is 0 Å². The summed E-state index contributed by atoms with van der Waals surface area (Å²) in [5.74, 6) is -0.335. The van der Waals surface area contributed by atoms with Gasteiger partial charge in [-0.15, -0.1) is 0 Å². The van der Waals surface area contributed by atoms with Crippen LogP contribution in [0.1, 0.15) is 26.7 Å². The maximum atomic E-state index is 11.0. The number of esters is 1. The van der Waals surface area contributed by atoms with Gasteiger partial charge in [-0.3, -0.25) is 4.79 Å². The van der Waals surface area contributed by atoms with Gasteiger partial charge < -0.3 is 9.53 Å². The zero-order chi connectivity index (χ0) is 9.56. The van der Waals surface area contributed by atoms with Crippen LogP contribution in [0.25, 0.3) is 0 Å². The molecule has 4 heteroatoms. The second kappa shape index (κ2) is 6.17. The fourth-order valence-corrected chi connectivity index (χ4v) is 0.828. The van der Waals surface area contributed by atoms with E-state index < -0.39 is 4.83 Å². The topological polar surface area (TPSA) is 43.4 Å². The van der Waals surface area contributed by atoms with E-state index in [-0.39, 0.29) is 18.5 Å². The lowest BCUT2D eigenvalue weighted by Gasteiger charge is -2.10. The van der Waals surface area contributed by atoms with Crippen LogP contribution in [0.5, 0.6) is 0 Å². The number of alkyl halides is 1. The number of hydrogen-bond acceptors (Lipinski definition) is 3. The third kappa shape index (κ3) is 5.29. The SMILES string of the molecule is CCC(C)OC(=O)CC(Br)C=O. The normalized spacial score (nSPS) is 14.9. The minimum Gasteiger partial charge on any atom is -0.463 e. The van der Waals surface area contributed by atoms with Crippen LogP contribution in [0.2, 0.25) is 0 Å². The van der Waals surface area contributed by atoms with E-state index in [9.17, 15) is 9.59 Å². The third-order valence-electron chi connectivity index (χ3n) is 1.42. The Kier molecular flexibility index (Phi) is 5.98. The zero-order valence-corrected chi connectivity index (χ0v) is 8.83. The molecule has 2 atom stereocenters. The van der Waals surface area contributed by atoms with Crippen molar-refractivity contribution >= 4 is 28.2 Å². The number of ether oxygens (including phenoxy) is 1. The van der Waals surface area contributed by atoms with Crippen molar-refractivity contribution in [3.05, 3.63) is 0 Å². The maximum Gasteiger partial charge on any atom is 0.307 e. The maximum absolute atomic E-state index is 11.0. The van der Waals surface area contributed by atoms with Crippen molar-refractivity contribution in [1.29, 1.82) is 0 Å². The Labute approximate surface area is 80.6 Å². The number of carbonyl (C=O) groups is 2. The molecular formula is C8H13BrO3. The highest BCUT2D eigenvalue weighted by Gasteiger charge is 2.12. The van der Waals surface area contributed by atoms with Crippen molar-refractivity contribution in [3.8, 4) is 0 Å². The van der Waals surface area contributed by atoms with Crippen molar-refractivity contribution < 1.29 is 14.3 Å². The molecule has 0 aliphatic heterocycles. The third-order valence-corrected chi connectivity index (χ3v) is 1.96. The van der Waals surface area contributed by atoms with E-state index >= 15 is 0 Å². The molecule has 0 N–H and O–H groups in total. The second-order valence-corrected chi connectivity index (χ2v) is 3.74. The molecule has 0 bridgehead atoms. The highest BCUT2D eigenvalue weighted by atomic mass is 79.9. The summed E-state index contributed by atoms with van der Waals surface area (Å²) in [6.45, 7) is 3.76. The Morgan fingerprint density at radius 2 is 2.25 bits per heavy atom. The first kappa shape index (κ1) is 11.6. The monoisotopic (exact) mass is 236 g/mol. The van der Waals surface area contributed by atoms with Crippen LogP contribution in [-0.2, 0) is 14.3 Å². The molecule has 0 rings (SSSR count). The summed E-state index contributed by atoms with van der Waals surface area (Å²) < 4.78 is 4.94. The molecule has 0 saturated carbocycles. The Bertz CT molecular complexity index is 158. The summed E-state index contributed by atoms with van der Waals surface area (Å²) in [7, 11) is 0. The highest BCUT2D eigenvalue weighted by molar-refractivity contribution is 9.10. The van der Waals surface area contributed by atoms with Gasteiger partial charge in [-0.25, -0.2) is 0 Å². The first-order valence-corrected chi connectivity index (χ1v) is 4.80. The zero-order valence-electron chi connectivity index (χ0n) is 7.25. The molecule has 0 amide bonds. The van der Waals surface area contributed by atoms with Gasteiger partial charge in [-0.05, 0) is 13.3 Å². The second-order valence-electron chi connectivity index (χ2n) is 2.56. The summed E-state index contributed by atoms with van der Waals surface area (Å²) in [4.78, 5) is 20.7. The summed E-state index contributed by atoms with van der Waals surface area (Å²) in [6, 6.07) is 0. The van der Waals surface area contributed by atoms with Gasteiger partial charge in [-0.1, -0.05) is 22.9 Å². The lowest BCUT2D eigenvalue weighted by Crippen LogP contribution is -2.17. The van der Waals surface area contributed by atoms with Crippen LogP contribution in [-0.4, -0.2) is 23.2 Å². The molecule has 0 spiro atoms. The Morgan fingerprint density at radius 1 is 1.67 bits per heavy atom. The van der Waals surface area contributed by atoms with Gasteiger partial charge in [0.1, 0.15) is 6.29 Å². The van der Waals surface area contributed by atoms with Gasteiger partial charge in [0.2, 0.25) is 0 Å². The number of rotatable bonds is 5. The molecule has 0 aliphatic rings. The molecule has 2 unspecified atom stereocenters. The van der Waals surface area contributed by atoms with Crippen LogP contribution in [0.3, 0.4) is 0 Å². The summed E-state index contributed by atoms with van der Waals surface area (Å²) >= 11 is 3.02. The predicted molar refractivity (Wildman–Crippen MR) is 49.2 cm³/mol. The van der Waals surface area contributed by atoms with Gasteiger partial charge in [0.05, 0.1) is 17.4 Å². The smallest absolute Gasteiger partial charge is 0.307 e. The molecule has 0 aliphatic carbocycles. The summed E-state index contributed by atoms with van der Waals surface area (Å²) in [5.41, 5.74) is 0. The molecule has 0 aromatic carbocycles. The quantitative estimate of drug-likeness (QED) is 0.415. The molecule has 0 aromatic heterocycles. The molecule has 12 heavy (non-hydrogen) atoms. The van der Waals surface area contributed by atoms with Gasteiger partial charge in [0.25, 0.3) is 0 Å². The molecule has 0 radical (unpaired) electrons. The number of aldehydes is 1. The Morgan fingerprint density at radius 3 is 2.67 bits per heavy atom. The van der Waals surface area contributed by atoms with E-state index in [1.54, 1.807) is 0 Å². The molecule has 70 valence electrons. The molecule has 0 aromatic rings. The summed E-state index contributed by atoms with van der Waals surface area (Å²) in [5, 5.41) is 0. The van der Waals surface area contributed by atoms with E-state index in [0.717, 1.165) is 6.42 Å². The molecule has 0 heterocycles. The minimum absolute atomic E-state index is 0.0659. The van der Waals surface area contributed by atoms with E-state index in [2.05, 4.69) is 15.9 Å². The van der Waals surface area contributed by atoms with E-state index in [0.29, 0.717) is 6.29 Å². The Hall–Kier alpha value is -0.380. The first-order chi connectivity index (χ1) is 5.60. The van der Waals surface area contributed by atoms with Gasteiger partial charge in [-0.2, -0.15) is 0 Å². The average Bonchev–Trinajstić information content (AvgIpc) is 2.03. The number of carbonyl (C=O) groups excluding carboxylic acids is 2. The first-order valence-electron chi connectivity index (χ1n) is 3.89. The van der Waals surface area contributed by atoms with Crippen LogP contribution in [0.15, 0.2) is 0 Å². The van der Waals surface area contributed by atoms with Crippen molar-refractivity contribution in [1.82, 2.24) is 0 Å². The lowest BCUT2D eigenvalue weighted by atomic mass is 10.3. The van der Waals surface area contributed by atoms with Crippen molar-refractivity contribution in [2.24, 2.45) is 0 Å². The standard InChI is InChI=1S/C8H13BrO3/c1-3-6(2)12-8(11)4-7(9)5-10/h5-7H,3-4H2,1-2H3. The number of halogens is 1.